The van der Waals surface area contributed by atoms with Crippen LogP contribution in [0.1, 0.15) is 6.42 Å². The Balaban J connectivity index is 2.02. The van der Waals surface area contributed by atoms with Gasteiger partial charge in [-0.15, -0.1) is 0 Å². The van der Waals surface area contributed by atoms with Crippen LogP contribution < -0.4 is 0 Å². The van der Waals surface area contributed by atoms with Crippen molar-refractivity contribution in [2.75, 3.05) is 0 Å². The summed E-state index contributed by atoms with van der Waals surface area (Å²) in [4.78, 5) is 0. The molecule has 0 radical (unpaired) electrons. The summed E-state index contributed by atoms with van der Waals surface area (Å²) in [6.45, 7) is 0. The second-order valence-corrected chi connectivity index (χ2v) is 3.98. The molecule has 0 aromatic rings. The predicted octanol–water partition coefficient (Wildman–Crippen LogP) is 1.36. The van der Waals surface area contributed by atoms with Crippen molar-refractivity contribution in [2.45, 2.75) is 12.5 Å². The Morgan fingerprint density at radius 2 is 1.82 bits per heavy atom. The van der Waals surface area contributed by atoms with Crippen molar-refractivity contribution in [3.8, 4) is 0 Å². The van der Waals surface area contributed by atoms with E-state index in [1.54, 1.807) is 0 Å². The molecule has 0 spiro atoms. The van der Waals surface area contributed by atoms with E-state index in [-0.39, 0.29) is 6.10 Å². The first-order valence-electron chi connectivity index (χ1n) is 4.41. The van der Waals surface area contributed by atoms with Crippen LogP contribution in [0.2, 0.25) is 0 Å². The maximum absolute atomic E-state index is 9.60. The highest BCUT2D eigenvalue weighted by atomic mass is 16.3. The van der Waals surface area contributed by atoms with Gasteiger partial charge in [0.15, 0.2) is 0 Å². The molecule has 11 heavy (non-hydrogen) atoms. The van der Waals surface area contributed by atoms with E-state index in [2.05, 4.69) is 18.2 Å². The highest BCUT2D eigenvalue weighted by Gasteiger charge is 2.48. The summed E-state index contributed by atoms with van der Waals surface area (Å²) in [5.74, 6) is 2.62. The maximum Gasteiger partial charge on any atom is 0.0760 e. The number of fused-ring (bicyclic) bond motifs is 5. The summed E-state index contributed by atoms with van der Waals surface area (Å²) in [6, 6.07) is 0. The van der Waals surface area contributed by atoms with E-state index in [4.69, 9.17) is 0 Å². The standard InChI is InChI=1S/C10H12O/c11-9-4-3-8-6-1-2-7(5-6)10(8)9/h1-4,6-11H,5H2/t6?,7?,8-,9-,10+/m1/s1. The minimum atomic E-state index is -0.153. The lowest BCUT2D eigenvalue weighted by atomic mass is 9.84. The van der Waals surface area contributed by atoms with Crippen molar-refractivity contribution < 1.29 is 5.11 Å². The van der Waals surface area contributed by atoms with Gasteiger partial charge in [-0.1, -0.05) is 24.3 Å². The third-order valence-corrected chi connectivity index (χ3v) is 3.51. The topological polar surface area (TPSA) is 20.2 Å². The van der Waals surface area contributed by atoms with E-state index < -0.39 is 0 Å². The van der Waals surface area contributed by atoms with Crippen LogP contribution in [0.5, 0.6) is 0 Å². The van der Waals surface area contributed by atoms with Gasteiger partial charge >= 0.3 is 0 Å². The molecule has 58 valence electrons. The second kappa shape index (κ2) is 1.78. The Morgan fingerprint density at radius 3 is 2.64 bits per heavy atom. The highest BCUT2D eigenvalue weighted by Crippen LogP contribution is 2.52. The van der Waals surface area contributed by atoms with Crippen LogP contribution in [0.15, 0.2) is 24.3 Å². The molecule has 0 aromatic carbocycles. The molecule has 0 amide bonds. The summed E-state index contributed by atoms with van der Waals surface area (Å²) in [5, 5.41) is 9.60. The first kappa shape index (κ1) is 6.01. The fraction of sp³-hybridized carbons (Fsp3) is 0.600. The zero-order valence-corrected chi connectivity index (χ0v) is 6.35. The molecule has 3 aliphatic rings. The molecule has 1 fully saturated rings. The van der Waals surface area contributed by atoms with Gasteiger partial charge in [-0.3, -0.25) is 0 Å². The lowest BCUT2D eigenvalue weighted by molar-refractivity contribution is 0.132. The van der Waals surface area contributed by atoms with Crippen molar-refractivity contribution in [3.05, 3.63) is 24.3 Å². The van der Waals surface area contributed by atoms with Gasteiger partial charge in [-0.25, -0.2) is 0 Å². The summed E-state index contributed by atoms with van der Waals surface area (Å²) >= 11 is 0. The van der Waals surface area contributed by atoms with E-state index in [9.17, 15) is 5.11 Å². The Kier molecular flexibility index (Phi) is 0.972. The molecule has 1 N–H and O–H groups in total. The number of hydrogen-bond donors (Lipinski definition) is 1. The van der Waals surface area contributed by atoms with E-state index in [1.807, 2.05) is 6.08 Å². The molecule has 0 saturated heterocycles. The minimum Gasteiger partial charge on any atom is -0.389 e. The van der Waals surface area contributed by atoms with Crippen molar-refractivity contribution >= 4 is 0 Å². The van der Waals surface area contributed by atoms with Crippen LogP contribution >= 0.6 is 0 Å². The van der Waals surface area contributed by atoms with Crippen LogP contribution in [0.4, 0.5) is 0 Å². The fourth-order valence-corrected chi connectivity index (χ4v) is 3.02. The van der Waals surface area contributed by atoms with Crippen molar-refractivity contribution in [1.29, 1.82) is 0 Å². The predicted molar refractivity (Wildman–Crippen MR) is 42.9 cm³/mol. The van der Waals surface area contributed by atoms with Crippen LogP contribution in [-0.2, 0) is 0 Å². The van der Waals surface area contributed by atoms with Crippen LogP contribution in [0.3, 0.4) is 0 Å². The number of allylic oxidation sites excluding steroid dienone is 3. The van der Waals surface area contributed by atoms with Crippen LogP contribution in [0, 0.1) is 23.7 Å². The number of aliphatic hydroxyl groups is 1. The van der Waals surface area contributed by atoms with E-state index in [0.717, 1.165) is 5.92 Å². The fourth-order valence-electron chi connectivity index (χ4n) is 3.02. The zero-order valence-electron chi connectivity index (χ0n) is 6.35. The Hall–Kier alpha value is -0.560. The molecular formula is C10H12O. The quantitative estimate of drug-likeness (QED) is 0.514. The summed E-state index contributed by atoms with van der Waals surface area (Å²) in [7, 11) is 0. The number of hydrogen-bond acceptors (Lipinski definition) is 1. The molecule has 3 aliphatic carbocycles. The van der Waals surface area contributed by atoms with Gasteiger partial charge in [0.25, 0.3) is 0 Å². The summed E-state index contributed by atoms with van der Waals surface area (Å²) in [6.07, 6.45) is 9.94. The molecule has 5 atom stereocenters. The van der Waals surface area contributed by atoms with Crippen LogP contribution in [-0.4, -0.2) is 11.2 Å². The molecule has 2 bridgehead atoms. The normalized spacial score (nSPS) is 57.4. The van der Waals surface area contributed by atoms with Gasteiger partial charge < -0.3 is 5.11 Å². The van der Waals surface area contributed by atoms with Crippen molar-refractivity contribution in [2.24, 2.45) is 23.7 Å². The molecule has 1 nitrogen and oxygen atoms in total. The molecule has 0 aromatic heterocycles. The molecule has 0 heterocycles. The first-order valence-corrected chi connectivity index (χ1v) is 4.41. The SMILES string of the molecule is O[C@@H]1C=C[C@@H]2C3C=CC(C3)[C@H]12. The minimum absolute atomic E-state index is 0.153. The monoisotopic (exact) mass is 148 g/mol. The Bertz CT molecular complexity index is 241. The summed E-state index contributed by atoms with van der Waals surface area (Å²) in [5.41, 5.74) is 0. The van der Waals surface area contributed by atoms with E-state index in [1.165, 1.54) is 6.42 Å². The molecule has 1 heteroatoms. The molecule has 3 rings (SSSR count). The van der Waals surface area contributed by atoms with E-state index in [0.29, 0.717) is 17.8 Å². The average molecular weight is 148 g/mol. The molecular weight excluding hydrogens is 136 g/mol. The van der Waals surface area contributed by atoms with Gasteiger partial charge in [0.2, 0.25) is 0 Å². The van der Waals surface area contributed by atoms with Gasteiger partial charge in [0, 0.05) is 5.92 Å². The van der Waals surface area contributed by atoms with Gasteiger partial charge in [0.1, 0.15) is 0 Å². The third-order valence-electron chi connectivity index (χ3n) is 3.51. The lowest BCUT2D eigenvalue weighted by Crippen LogP contribution is -2.23. The largest absolute Gasteiger partial charge is 0.389 e. The zero-order chi connectivity index (χ0) is 7.42. The molecule has 0 aliphatic heterocycles. The third kappa shape index (κ3) is 0.603. The maximum atomic E-state index is 9.60. The molecule has 1 saturated carbocycles. The van der Waals surface area contributed by atoms with Crippen molar-refractivity contribution in [1.82, 2.24) is 0 Å². The smallest absolute Gasteiger partial charge is 0.0760 e. The van der Waals surface area contributed by atoms with E-state index >= 15 is 0 Å². The lowest BCUT2D eigenvalue weighted by Gasteiger charge is -2.22. The highest BCUT2D eigenvalue weighted by molar-refractivity contribution is 5.24. The Morgan fingerprint density at radius 1 is 1.00 bits per heavy atom. The first-order chi connectivity index (χ1) is 5.36. The number of rotatable bonds is 0. The van der Waals surface area contributed by atoms with Crippen LogP contribution in [0.25, 0.3) is 0 Å². The average Bonchev–Trinajstić information content (AvgIpc) is 2.60. The van der Waals surface area contributed by atoms with Gasteiger partial charge in [0.05, 0.1) is 6.10 Å². The van der Waals surface area contributed by atoms with Gasteiger partial charge in [-0.2, -0.15) is 0 Å². The number of aliphatic hydroxyl groups excluding tert-OH is 1. The Labute approximate surface area is 66.4 Å². The second-order valence-electron chi connectivity index (χ2n) is 3.98. The molecule has 2 unspecified atom stereocenters. The van der Waals surface area contributed by atoms with Crippen molar-refractivity contribution in [3.63, 3.8) is 0 Å². The van der Waals surface area contributed by atoms with Gasteiger partial charge in [-0.05, 0) is 24.2 Å². The summed E-state index contributed by atoms with van der Waals surface area (Å²) < 4.78 is 0.